The lowest BCUT2D eigenvalue weighted by atomic mass is 10.2. The zero-order valence-corrected chi connectivity index (χ0v) is 15.4. The van der Waals surface area contributed by atoms with Gasteiger partial charge in [-0.15, -0.1) is 11.8 Å². The Balaban J connectivity index is 1.54. The van der Waals surface area contributed by atoms with Crippen LogP contribution in [0.15, 0.2) is 24.3 Å². The summed E-state index contributed by atoms with van der Waals surface area (Å²) in [5.74, 6) is 1.42. The lowest BCUT2D eigenvalue weighted by Crippen LogP contribution is -2.51. The number of ether oxygens (including phenoxy) is 1. The molecule has 2 atom stereocenters. The summed E-state index contributed by atoms with van der Waals surface area (Å²) in [6, 6.07) is 6.82. The fourth-order valence-electron chi connectivity index (χ4n) is 3.23. The van der Waals surface area contributed by atoms with Gasteiger partial charge in [0.2, 0.25) is 11.8 Å². The van der Waals surface area contributed by atoms with Gasteiger partial charge in [0.05, 0.1) is 11.4 Å². The van der Waals surface area contributed by atoms with Gasteiger partial charge in [-0.25, -0.2) is 0 Å². The number of carbonyl (C=O) groups excluding carboxylic acids is 2. The second kappa shape index (κ2) is 6.84. The number of halogens is 1. The highest BCUT2D eigenvalue weighted by atomic mass is 35.5. The highest BCUT2D eigenvalue weighted by Gasteiger charge is 2.53. The maximum Gasteiger partial charge on any atom is 0.246 e. The Morgan fingerprint density at radius 1 is 1.54 bits per heavy atom. The first-order valence-corrected chi connectivity index (χ1v) is 9.36. The SMILES string of the molecule is CN(CCOc1cccc(Cl)c1)C(=O)C1CSC2(C)CCC(=O)N12. The van der Waals surface area contributed by atoms with E-state index in [1.165, 1.54) is 0 Å². The van der Waals surface area contributed by atoms with E-state index in [0.29, 0.717) is 36.1 Å². The van der Waals surface area contributed by atoms with Crippen LogP contribution in [0.4, 0.5) is 0 Å². The molecule has 2 saturated heterocycles. The van der Waals surface area contributed by atoms with E-state index in [0.717, 1.165) is 6.42 Å². The van der Waals surface area contributed by atoms with Crippen LogP contribution in [0, 0.1) is 0 Å². The number of benzene rings is 1. The Morgan fingerprint density at radius 3 is 3.08 bits per heavy atom. The maximum atomic E-state index is 12.7. The minimum absolute atomic E-state index is 0.0174. The summed E-state index contributed by atoms with van der Waals surface area (Å²) in [5, 5.41) is 0.617. The Morgan fingerprint density at radius 2 is 2.33 bits per heavy atom. The van der Waals surface area contributed by atoms with E-state index >= 15 is 0 Å². The van der Waals surface area contributed by atoms with Gasteiger partial charge in [-0.05, 0) is 31.5 Å². The molecular weight excluding hydrogens is 348 g/mol. The Hall–Kier alpha value is -1.40. The number of hydrogen-bond donors (Lipinski definition) is 0. The van der Waals surface area contributed by atoms with Crippen molar-refractivity contribution in [3.05, 3.63) is 29.3 Å². The van der Waals surface area contributed by atoms with E-state index in [-0.39, 0.29) is 22.7 Å². The molecule has 7 heteroatoms. The Kier molecular flexibility index (Phi) is 4.97. The van der Waals surface area contributed by atoms with Gasteiger partial charge < -0.3 is 14.5 Å². The monoisotopic (exact) mass is 368 g/mol. The average Bonchev–Trinajstić information content (AvgIpc) is 3.03. The van der Waals surface area contributed by atoms with Gasteiger partial charge >= 0.3 is 0 Å². The van der Waals surface area contributed by atoms with Crippen molar-refractivity contribution in [2.24, 2.45) is 0 Å². The summed E-state index contributed by atoms with van der Waals surface area (Å²) in [4.78, 5) is 28.1. The molecule has 2 amide bonds. The molecule has 0 saturated carbocycles. The zero-order valence-electron chi connectivity index (χ0n) is 13.8. The average molecular weight is 369 g/mol. The van der Waals surface area contributed by atoms with E-state index in [1.807, 2.05) is 12.1 Å². The van der Waals surface area contributed by atoms with Crippen molar-refractivity contribution in [1.82, 2.24) is 9.80 Å². The summed E-state index contributed by atoms with van der Waals surface area (Å²) >= 11 is 7.62. The van der Waals surface area contributed by atoms with Crippen molar-refractivity contribution in [2.75, 3.05) is 26.0 Å². The van der Waals surface area contributed by atoms with Gasteiger partial charge in [0, 0.05) is 24.2 Å². The molecule has 0 bridgehead atoms. The molecule has 0 N–H and O–H groups in total. The van der Waals surface area contributed by atoms with Crippen LogP contribution in [-0.2, 0) is 9.59 Å². The van der Waals surface area contributed by atoms with Gasteiger partial charge in [-0.1, -0.05) is 17.7 Å². The number of carbonyl (C=O) groups is 2. The summed E-state index contributed by atoms with van der Waals surface area (Å²) in [6.45, 7) is 2.90. The summed E-state index contributed by atoms with van der Waals surface area (Å²) in [6.07, 6.45) is 1.36. The molecule has 130 valence electrons. The molecule has 5 nitrogen and oxygen atoms in total. The number of thioether (sulfide) groups is 1. The lowest BCUT2D eigenvalue weighted by molar-refractivity contribution is -0.143. The number of amides is 2. The van der Waals surface area contributed by atoms with Gasteiger partial charge in [0.15, 0.2) is 0 Å². The fourth-order valence-corrected chi connectivity index (χ4v) is 4.83. The molecule has 0 aromatic heterocycles. The van der Waals surface area contributed by atoms with Gasteiger partial charge in [0.25, 0.3) is 0 Å². The maximum absolute atomic E-state index is 12.7. The zero-order chi connectivity index (χ0) is 17.3. The first kappa shape index (κ1) is 17.4. The molecule has 1 aromatic carbocycles. The third-order valence-electron chi connectivity index (χ3n) is 4.60. The smallest absolute Gasteiger partial charge is 0.246 e. The molecule has 2 aliphatic heterocycles. The van der Waals surface area contributed by atoms with E-state index in [1.54, 1.807) is 40.7 Å². The van der Waals surface area contributed by atoms with E-state index < -0.39 is 0 Å². The van der Waals surface area contributed by atoms with Gasteiger partial charge in [-0.3, -0.25) is 9.59 Å². The molecule has 2 unspecified atom stereocenters. The second-order valence-corrected chi connectivity index (χ2v) is 8.27. The molecule has 0 spiro atoms. The van der Waals surface area contributed by atoms with Gasteiger partial charge in [0.1, 0.15) is 18.4 Å². The molecular formula is C17H21ClN2O3S. The van der Waals surface area contributed by atoms with Crippen molar-refractivity contribution in [3.8, 4) is 5.75 Å². The molecule has 24 heavy (non-hydrogen) atoms. The number of likely N-dealkylation sites (N-methyl/N-ethyl adjacent to an activating group) is 1. The molecule has 2 fully saturated rings. The topological polar surface area (TPSA) is 49.9 Å². The highest BCUT2D eigenvalue weighted by Crippen LogP contribution is 2.47. The third-order valence-corrected chi connectivity index (χ3v) is 6.34. The largest absolute Gasteiger partial charge is 0.492 e. The quantitative estimate of drug-likeness (QED) is 0.801. The summed E-state index contributed by atoms with van der Waals surface area (Å²) in [7, 11) is 1.75. The number of hydrogen-bond acceptors (Lipinski definition) is 4. The minimum atomic E-state index is -0.355. The van der Waals surface area contributed by atoms with Crippen LogP contribution < -0.4 is 4.74 Å². The molecule has 0 aliphatic carbocycles. The van der Waals surface area contributed by atoms with Crippen LogP contribution in [0.2, 0.25) is 5.02 Å². The molecule has 2 heterocycles. The first-order valence-electron chi connectivity index (χ1n) is 8.00. The summed E-state index contributed by atoms with van der Waals surface area (Å²) < 4.78 is 5.63. The first-order chi connectivity index (χ1) is 11.4. The highest BCUT2D eigenvalue weighted by molar-refractivity contribution is 8.01. The van der Waals surface area contributed by atoms with Crippen LogP contribution in [0.1, 0.15) is 19.8 Å². The number of fused-ring (bicyclic) bond motifs is 1. The normalized spacial score (nSPS) is 25.7. The molecule has 3 rings (SSSR count). The third kappa shape index (κ3) is 3.35. The van der Waals surface area contributed by atoms with Crippen molar-refractivity contribution >= 4 is 35.2 Å². The molecule has 2 aliphatic rings. The fraction of sp³-hybridized carbons (Fsp3) is 0.529. The van der Waals surface area contributed by atoms with Crippen molar-refractivity contribution in [3.63, 3.8) is 0 Å². The van der Waals surface area contributed by atoms with E-state index in [4.69, 9.17) is 16.3 Å². The van der Waals surface area contributed by atoms with Crippen LogP contribution in [0.5, 0.6) is 5.75 Å². The van der Waals surface area contributed by atoms with Crippen LogP contribution >= 0.6 is 23.4 Å². The number of rotatable bonds is 5. The van der Waals surface area contributed by atoms with E-state index in [9.17, 15) is 9.59 Å². The predicted molar refractivity (Wildman–Crippen MR) is 95.3 cm³/mol. The lowest BCUT2D eigenvalue weighted by Gasteiger charge is -2.31. The van der Waals surface area contributed by atoms with Crippen molar-refractivity contribution < 1.29 is 14.3 Å². The summed E-state index contributed by atoms with van der Waals surface area (Å²) in [5.41, 5.74) is 0. The van der Waals surface area contributed by atoms with Crippen molar-refractivity contribution in [1.29, 1.82) is 0 Å². The molecule has 0 radical (unpaired) electrons. The second-order valence-electron chi connectivity index (χ2n) is 6.33. The van der Waals surface area contributed by atoms with Crippen LogP contribution in [0.25, 0.3) is 0 Å². The minimum Gasteiger partial charge on any atom is -0.492 e. The van der Waals surface area contributed by atoms with Crippen LogP contribution in [-0.4, -0.2) is 58.5 Å². The Labute approximate surface area is 151 Å². The Bertz CT molecular complexity index is 656. The van der Waals surface area contributed by atoms with Crippen LogP contribution in [0.3, 0.4) is 0 Å². The van der Waals surface area contributed by atoms with Gasteiger partial charge in [-0.2, -0.15) is 0 Å². The van der Waals surface area contributed by atoms with Crippen molar-refractivity contribution in [2.45, 2.75) is 30.7 Å². The predicted octanol–water partition coefficient (Wildman–Crippen LogP) is 2.63. The standard InChI is InChI=1S/C17H21ClN2O3S/c1-17-7-6-15(21)20(17)14(11-24-17)16(22)19(2)8-9-23-13-5-3-4-12(18)10-13/h3-5,10,14H,6-9,11H2,1-2H3. The van der Waals surface area contributed by atoms with E-state index in [2.05, 4.69) is 6.92 Å². The molecule has 1 aromatic rings. The number of nitrogens with zero attached hydrogens (tertiary/aromatic N) is 2.